The lowest BCUT2D eigenvalue weighted by atomic mass is 10.3. The fraction of sp³-hybridized carbons (Fsp3) is 0.500. The first-order chi connectivity index (χ1) is 6.49. The Bertz CT molecular complexity index is 463. The molecule has 1 fully saturated rings. The summed E-state index contributed by atoms with van der Waals surface area (Å²) in [4.78, 5) is 11.1. The third-order valence-corrected chi connectivity index (χ3v) is 4.05. The molecule has 0 aliphatic carbocycles. The second-order valence-electron chi connectivity index (χ2n) is 3.45. The van der Waals surface area contributed by atoms with E-state index in [4.69, 9.17) is 0 Å². The van der Waals surface area contributed by atoms with Crippen LogP contribution in [0.1, 0.15) is 23.5 Å². The Labute approximate surface area is 81.6 Å². The van der Waals surface area contributed by atoms with Crippen molar-refractivity contribution in [2.45, 2.75) is 13.0 Å². The number of nitrogens with zero attached hydrogens (tertiary/aromatic N) is 2. The maximum atomic E-state index is 11.1. The molecule has 14 heavy (non-hydrogen) atoms. The molecule has 2 heterocycles. The van der Waals surface area contributed by atoms with Gasteiger partial charge in [0, 0.05) is 13.1 Å². The Hall–Kier alpha value is -1.17. The van der Waals surface area contributed by atoms with Crippen molar-refractivity contribution in [1.29, 1.82) is 0 Å². The molecule has 1 aliphatic heterocycles. The second kappa shape index (κ2) is 2.91. The zero-order chi connectivity index (χ0) is 10.3. The van der Waals surface area contributed by atoms with Gasteiger partial charge >= 0.3 is 0 Å². The van der Waals surface area contributed by atoms with Crippen LogP contribution in [0.25, 0.3) is 0 Å². The molecule has 0 radical (unpaired) electrons. The summed E-state index contributed by atoms with van der Waals surface area (Å²) in [5.41, 5.74) is 0.477. The van der Waals surface area contributed by atoms with E-state index in [0.717, 1.165) is 0 Å². The zero-order valence-corrected chi connectivity index (χ0v) is 8.49. The van der Waals surface area contributed by atoms with Gasteiger partial charge in [-0.2, -0.15) is 5.10 Å². The van der Waals surface area contributed by atoms with Crippen molar-refractivity contribution in [3.63, 3.8) is 0 Å². The standard InChI is InChI=1S/C8H10N2O3S/c1-6(11)8-2-3-9-10(8)7-4-14(12,13)5-7/h2-3,7H,4-5H2,1H3. The minimum absolute atomic E-state index is 0.0909. The number of carbonyl (C=O) groups is 1. The van der Waals surface area contributed by atoms with Gasteiger partial charge in [-0.05, 0) is 6.07 Å². The lowest BCUT2D eigenvalue weighted by molar-refractivity contribution is 0.100. The molecular weight excluding hydrogens is 204 g/mol. The van der Waals surface area contributed by atoms with Gasteiger partial charge < -0.3 is 0 Å². The van der Waals surface area contributed by atoms with E-state index in [1.807, 2.05) is 0 Å². The van der Waals surface area contributed by atoms with Crippen LogP contribution in [0.2, 0.25) is 0 Å². The molecule has 76 valence electrons. The van der Waals surface area contributed by atoms with Crippen molar-refractivity contribution >= 4 is 15.6 Å². The van der Waals surface area contributed by atoms with Crippen molar-refractivity contribution in [3.05, 3.63) is 18.0 Å². The van der Waals surface area contributed by atoms with Crippen LogP contribution in [0.3, 0.4) is 0 Å². The van der Waals surface area contributed by atoms with E-state index in [9.17, 15) is 13.2 Å². The van der Waals surface area contributed by atoms with Crippen LogP contribution < -0.4 is 0 Å². The molecule has 0 amide bonds. The molecule has 0 atom stereocenters. The predicted molar refractivity (Wildman–Crippen MR) is 49.9 cm³/mol. The van der Waals surface area contributed by atoms with Crippen LogP contribution in [0.4, 0.5) is 0 Å². The Morgan fingerprint density at radius 2 is 2.21 bits per heavy atom. The fourth-order valence-corrected chi connectivity index (χ4v) is 2.92. The molecule has 1 aliphatic rings. The lowest BCUT2D eigenvalue weighted by Gasteiger charge is -2.26. The smallest absolute Gasteiger partial charge is 0.177 e. The third kappa shape index (κ3) is 1.45. The first-order valence-electron chi connectivity index (χ1n) is 4.24. The minimum Gasteiger partial charge on any atom is -0.293 e. The Morgan fingerprint density at radius 1 is 1.57 bits per heavy atom. The second-order valence-corrected chi connectivity index (χ2v) is 5.60. The van der Waals surface area contributed by atoms with Gasteiger partial charge in [-0.3, -0.25) is 9.48 Å². The molecule has 0 aromatic carbocycles. The Morgan fingerprint density at radius 3 is 2.71 bits per heavy atom. The van der Waals surface area contributed by atoms with Crippen LogP contribution in [-0.2, 0) is 9.84 Å². The molecule has 1 saturated heterocycles. The average Bonchev–Trinajstić information content (AvgIpc) is 2.46. The van der Waals surface area contributed by atoms with E-state index >= 15 is 0 Å². The molecule has 5 nitrogen and oxygen atoms in total. The summed E-state index contributed by atoms with van der Waals surface area (Å²) in [5, 5.41) is 3.96. The Balaban J connectivity index is 2.27. The highest BCUT2D eigenvalue weighted by molar-refractivity contribution is 7.92. The SMILES string of the molecule is CC(=O)c1ccnn1C1CS(=O)(=O)C1. The maximum Gasteiger partial charge on any atom is 0.177 e. The average molecular weight is 214 g/mol. The van der Waals surface area contributed by atoms with Crippen LogP contribution >= 0.6 is 0 Å². The van der Waals surface area contributed by atoms with E-state index in [0.29, 0.717) is 5.69 Å². The quantitative estimate of drug-likeness (QED) is 0.652. The van der Waals surface area contributed by atoms with Crippen molar-refractivity contribution < 1.29 is 13.2 Å². The van der Waals surface area contributed by atoms with Crippen molar-refractivity contribution in [2.24, 2.45) is 0 Å². The number of ketones is 1. The van der Waals surface area contributed by atoms with Crippen LogP contribution in [-0.4, -0.2) is 35.5 Å². The largest absolute Gasteiger partial charge is 0.293 e. The highest BCUT2D eigenvalue weighted by atomic mass is 32.2. The molecular formula is C8H10N2O3S. The third-order valence-electron chi connectivity index (χ3n) is 2.27. The van der Waals surface area contributed by atoms with Gasteiger partial charge in [0.15, 0.2) is 15.6 Å². The molecule has 0 unspecified atom stereocenters. The van der Waals surface area contributed by atoms with Gasteiger partial charge in [-0.1, -0.05) is 0 Å². The fourth-order valence-electron chi connectivity index (χ4n) is 1.56. The summed E-state index contributed by atoms with van der Waals surface area (Å²) < 4.78 is 23.4. The van der Waals surface area contributed by atoms with Crippen LogP contribution in [0, 0.1) is 0 Å². The van der Waals surface area contributed by atoms with Gasteiger partial charge in [0.25, 0.3) is 0 Å². The van der Waals surface area contributed by atoms with Crippen molar-refractivity contribution in [1.82, 2.24) is 9.78 Å². The van der Waals surface area contributed by atoms with Gasteiger partial charge in [0.05, 0.1) is 17.5 Å². The molecule has 1 aromatic rings. The van der Waals surface area contributed by atoms with Crippen molar-refractivity contribution in [3.8, 4) is 0 Å². The normalized spacial score (nSPS) is 20.4. The molecule has 0 saturated carbocycles. The number of Topliss-reactive ketones (excluding diaryl/α,β-unsaturated/α-hetero) is 1. The topological polar surface area (TPSA) is 69.0 Å². The van der Waals surface area contributed by atoms with Crippen LogP contribution in [0.5, 0.6) is 0 Å². The molecule has 1 aromatic heterocycles. The van der Waals surface area contributed by atoms with Gasteiger partial charge in [0.2, 0.25) is 0 Å². The number of rotatable bonds is 2. The van der Waals surface area contributed by atoms with Gasteiger partial charge in [0.1, 0.15) is 5.69 Å². The summed E-state index contributed by atoms with van der Waals surface area (Å²) in [6.07, 6.45) is 1.52. The van der Waals surface area contributed by atoms with Crippen molar-refractivity contribution in [2.75, 3.05) is 11.5 Å². The summed E-state index contributed by atoms with van der Waals surface area (Å²) in [6, 6.07) is 1.45. The highest BCUT2D eigenvalue weighted by Crippen LogP contribution is 2.24. The molecule has 0 spiro atoms. The number of aromatic nitrogens is 2. The first kappa shape index (κ1) is 9.39. The zero-order valence-electron chi connectivity index (χ0n) is 7.67. The molecule has 2 rings (SSSR count). The molecule has 0 bridgehead atoms. The summed E-state index contributed by atoms with van der Waals surface area (Å²) in [6.45, 7) is 1.45. The minimum atomic E-state index is -2.87. The molecule has 0 N–H and O–H groups in total. The van der Waals surface area contributed by atoms with E-state index in [1.54, 1.807) is 6.07 Å². The number of carbonyl (C=O) groups excluding carboxylic acids is 1. The number of hydrogen-bond acceptors (Lipinski definition) is 4. The van der Waals surface area contributed by atoms with Crippen LogP contribution in [0.15, 0.2) is 12.3 Å². The predicted octanol–water partition coefficient (Wildman–Crippen LogP) is 0.0552. The van der Waals surface area contributed by atoms with E-state index in [1.165, 1.54) is 17.8 Å². The monoisotopic (exact) mass is 214 g/mol. The Kier molecular flexibility index (Phi) is 1.95. The van der Waals surface area contributed by atoms with E-state index in [2.05, 4.69) is 5.10 Å². The lowest BCUT2D eigenvalue weighted by Crippen LogP contribution is -2.39. The molecule has 6 heteroatoms. The highest BCUT2D eigenvalue weighted by Gasteiger charge is 2.36. The first-order valence-corrected chi connectivity index (χ1v) is 6.06. The maximum absolute atomic E-state index is 11.1. The number of hydrogen-bond donors (Lipinski definition) is 0. The van der Waals surface area contributed by atoms with E-state index in [-0.39, 0.29) is 23.3 Å². The summed E-state index contributed by atoms with van der Waals surface area (Å²) in [5.74, 6) is 0.0935. The van der Waals surface area contributed by atoms with E-state index < -0.39 is 9.84 Å². The van der Waals surface area contributed by atoms with Gasteiger partial charge in [-0.25, -0.2) is 8.42 Å². The summed E-state index contributed by atoms with van der Waals surface area (Å²) >= 11 is 0. The number of sulfone groups is 1. The summed E-state index contributed by atoms with van der Waals surface area (Å²) in [7, 11) is -2.87. The van der Waals surface area contributed by atoms with Gasteiger partial charge in [-0.15, -0.1) is 0 Å².